The van der Waals surface area contributed by atoms with Gasteiger partial charge in [0.15, 0.2) is 0 Å². The number of benzene rings is 1. The van der Waals surface area contributed by atoms with E-state index in [1.54, 1.807) is 17.4 Å². The number of carbonyl (C=O) groups excluding carboxylic acids is 1. The van der Waals surface area contributed by atoms with Crippen LogP contribution in [-0.4, -0.2) is 33.2 Å². The molecule has 124 valence electrons. The van der Waals surface area contributed by atoms with E-state index in [1.807, 2.05) is 12.1 Å². The van der Waals surface area contributed by atoms with Crippen LogP contribution in [0, 0.1) is 0 Å². The largest absolute Gasteiger partial charge is 0.355 e. The lowest BCUT2D eigenvalue weighted by molar-refractivity contribution is 0.0963. The Morgan fingerprint density at radius 3 is 2.57 bits per heavy atom. The van der Waals surface area contributed by atoms with Crippen LogP contribution in [0.3, 0.4) is 0 Å². The second-order valence-corrected chi connectivity index (χ2v) is 9.19. The molecule has 0 atom stereocenters. The molecule has 0 unspecified atom stereocenters. The molecule has 6 heteroatoms. The van der Waals surface area contributed by atoms with Crippen LogP contribution in [0.1, 0.15) is 54.4 Å². The molecular formula is C17H22N2O3S. The molecule has 0 radical (unpaired) electrons. The van der Waals surface area contributed by atoms with Crippen molar-refractivity contribution in [1.82, 2.24) is 5.32 Å². The van der Waals surface area contributed by atoms with E-state index in [0.29, 0.717) is 12.1 Å². The molecule has 0 bridgehead atoms. The zero-order chi connectivity index (χ0) is 16.2. The summed E-state index contributed by atoms with van der Waals surface area (Å²) in [5.74, 6) is -0.121. The first kappa shape index (κ1) is 15.0. The summed E-state index contributed by atoms with van der Waals surface area (Å²) in [5, 5.41) is 2.45. The van der Waals surface area contributed by atoms with E-state index in [0.717, 1.165) is 49.8 Å². The van der Waals surface area contributed by atoms with Crippen LogP contribution in [0.15, 0.2) is 18.2 Å². The highest BCUT2D eigenvalue weighted by atomic mass is 32.2. The highest BCUT2D eigenvalue weighted by Gasteiger charge is 2.51. The first-order valence-corrected chi connectivity index (χ1v) is 9.86. The number of rotatable bonds is 3. The minimum absolute atomic E-state index is 0.0959. The molecule has 0 aromatic heterocycles. The Hall–Kier alpha value is -1.56. The van der Waals surface area contributed by atoms with E-state index >= 15 is 0 Å². The molecule has 1 amide bonds. The number of hydrogen-bond donors (Lipinski definition) is 1. The van der Waals surface area contributed by atoms with Gasteiger partial charge in [-0.3, -0.25) is 9.10 Å². The Morgan fingerprint density at radius 2 is 1.96 bits per heavy atom. The maximum atomic E-state index is 12.8. The monoisotopic (exact) mass is 334 g/mol. The summed E-state index contributed by atoms with van der Waals surface area (Å²) in [7, 11) is -1.63. The van der Waals surface area contributed by atoms with Gasteiger partial charge in [-0.1, -0.05) is 12.8 Å². The lowest BCUT2D eigenvalue weighted by Crippen LogP contribution is -2.37. The van der Waals surface area contributed by atoms with Gasteiger partial charge in [0, 0.05) is 24.6 Å². The third-order valence-electron chi connectivity index (χ3n) is 5.59. The third-order valence-corrected chi connectivity index (χ3v) is 7.84. The zero-order valence-corrected chi connectivity index (χ0v) is 14.2. The lowest BCUT2D eigenvalue weighted by Gasteiger charge is -2.25. The fourth-order valence-electron chi connectivity index (χ4n) is 4.16. The molecular weight excluding hydrogens is 312 g/mol. The highest BCUT2D eigenvalue weighted by molar-refractivity contribution is 7.93. The minimum atomic E-state index is -3.25. The van der Waals surface area contributed by atoms with Crippen molar-refractivity contribution < 1.29 is 13.2 Å². The molecule has 3 aliphatic rings. The van der Waals surface area contributed by atoms with Gasteiger partial charge < -0.3 is 5.32 Å². The van der Waals surface area contributed by atoms with Crippen molar-refractivity contribution in [2.24, 2.45) is 0 Å². The van der Waals surface area contributed by atoms with E-state index in [9.17, 15) is 13.2 Å². The topological polar surface area (TPSA) is 66.5 Å². The van der Waals surface area contributed by atoms with Crippen LogP contribution in [0.25, 0.3) is 0 Å². The normalized spacial score (nSPS) is 22.4. The van der Waals surface area contributed by atoms with Gasteiger partial charge in [-0.05, 0) is 49.4 Å². The third kappa shape index (κ3) is 2.18. The second kappa shape index (κ2) is 4.97. The summed E-state index contributed by atoms with van der Waals surface area (Å²) in [6.07, 6.45) is 5.82. The second-order valence-electron chi connectivity index (χ2n) is 7.05. The molecule has 2 aliphatic carbocycles. The van der Waals surface area contributed by atoms with Crippen molar-refractivity contribution in [3.8, 4) is 0 Å². The molecule has 1 aromatic carbocycles. The fraction of sp³-hybridized carbons (Fsp3) is 0.588. The zero-order valence-electron chi connectivity index (χ0n) is 13.3. The molecule has 1 aromatic rings. The van der Waals surface area contributed by atoms with Gasteiger partial charge >= 0.3 is 0 Å². The predicted octanol–water partition coefficient (Wildman–Crippen LogP) is 2.17. The molecule has 4 rings (SSSR count). The maximum Gasteiger partial charge on any atom is 0.251 e. The van der Waals surface area contributed by atoms with Gasteiger partial charge in [0.1, 0.15) is 0 Å². The number of anilines is 1. The number of nitrogens with one attached hydrogen (secondary N) is 1. The molecule has 1 spiro atoms. The van der Waals surface area contributed by atoms with Gasteiger partial charge in [-0.2, -0.15) is 0 Å². The van der Waals surface area contributed by atoms with Crippen molar-refractivity contribution in [1.29, 1.82) is 0 Å². The molecule has 5 nitrogen and oxygen atoms in total. The summed E-state index contributed by atoms with van der Waals surface area (Å²) in [6.45, 7) is 0.554. The van der Waals surface area contributed by atoms with E-state index in [-0.39, 0.29) is 16.6 Å². The quantitative estimate of drug-likeness (QED) is 0.921. The van der Waals surface area contributed by atoms with Gasteiger partial charge in [0.05, 0.1) is 10.9 Å². The van der Waals surface area contributed by atoms with Crippen LogP contribution < -0.4 is 9.62 Å². The molecule has 0 saturated heterocycles. The van der Waals surface area contributed by atoms with Crippen molar-refractivity contribution in [3.05, 3.63) is 29.3 Å². The number of fused-ring (bicyclic) bond motifs is 2. The van der Waals surface area contributed by atoms with Crippen LogP contribution in [-0.2, 0) is 15.4 Å². The van der Waals surface area contributed by atoms with E-state index < -0.39 is 10.0 Å². The van der Waals surface area contributed by atoms with Crippen molar-refractivity contribution >= 4 is 21.6 Å². The van der Waals surface area contributed by atoms with Crippen LogP contribution in [0.4, 0.5) is 5.69 Å². The predicted molar refractivity (Wildman–Crippen MR) is 89.3 cm³/mol. The Morgan fingerprint density at radius 1 is 1.26 bits per heavy atom. The summed E-state index contributed by atoms with van der Waals surface area (Å²) >= 11 is 0. The lowest BCUT2D eigenvalue weighted by atomic mass is 9.80. The van der Waals surface area contributed by atoms with Crippen molar-refractivity contribution in [3.63, 3.8) is 0 Å². The summed E-state index contributed by atoms with van der Waals surface area (Å²) in [5.41, 5.74) is 2.37. The van der Waals surface area contributed by atoms with Gasteiger partial charge in [-0.15, -0.1) is 0 Å². The Bertz CT molecular complexity index is 762. The molecule has 1 N–H and O–H groups in total. The SMILES string of the molecule is CNC(=O)c1ccc2c(c1)C1(CCCC1)CN2S(=O)(=O)C1CC1. The molecule has 1 aliphatic heterocycles. The van der Waals surface area contributed by atoms with Crippen LogP contribution in [0.2, 0.25) is 0 Å². The average Bonchev–Trinajstić information content (AvgIpc) is 3.24. The van der Waals surface area contributed by atoms with Crippen LogP contribution in [0.5, 0.6) is 0 Å². The van der Waals surface area contributed by atoms with E-state index in [1.165, 1.54) is 0 Å². The summed E-state index contributed by atoms with van der Waals surface area (Å²) in [6, 6.07) is 5.48. The van der Waals surface area contributed by atoms with Gasteiger partial charge in [0.25, 0.3) is 5.91 Å². The van der Waals surface area contributed by atoms with Crippen LogP contribution >= 0.6 is 0 Å². The van der Waals surface area contributed by atoms with Gasteiger partial charge in [0.2, 0.25) is 10.0 Å². The standard InChI is InChI=1S/C17H22N2O3S/c1-18-16(20)12-4-7-15-14(10-12)17(8-2-3-9-17)11-19(15)23(21,22)13-5-6-13/h4,7,10,13H,2-3,5-6,8-9,11H2,1H3,(H,18,20). The number of sulfonamides is 1. The summed E-state index contributed by atoms with van der Waals surface area (Å²) in [4.78, 5) is 12.0. The first-order chi connectivity index (χ1) is 11.0. The number of carbonyl (C=O) groups is 1. The number of hydrogen-bond acceptors (Lipinski definition) is 3. The van der Waals surface area contributed by atoms with E-state index in [2.05, 4.69) is 5.32 Å². The fourth-order valence-corrected chi connectivity index (χ4v) is 6.11. The van der Waals surface area contributed by atoms with Gasteiger partial charge in [-0.25, -0.2) is 8.42 Å². The molecule has 23 heavy (non-hydrogen) atoms. The maximum absolute atomic E-state index is 12.8. The first-order valence-electron chi connectivity index (χ1n) is 8.36. The summed E-state index contributed by atoms with van der Waals surface area (Å²) < 4.78 is 27.3. The number of amides is 1. The Balaban J connectivity index is 1.83. The van der Waals surface area contributed by atoms with Crippen molar-refractivity contribution in [2.75, 3.05) is 17.9 Å². The molecule has 2 saturated carbocycles. The van der Waals surface area contributed by atoms with Crippen molar-refractivity contribution in [2.45, 2.75) is 49.2 Å². The molecule has 1 heterocycles. The smallest absolute Gasteiger partial charge is 0.251 e. The number of nitrogens with zero attached hydrogens (tertiary/aromatic N) is 1. The Labute approximate surface area is 137 Å². The van der Waals surface area contributed by atoms with E-state index in [4.69, 9.17) is 0 Å². The minimum Gasteiger partial charge on any atom is -0.355 e. The average molecular weight is 334 g/mol. The highest BCUT2D eigenvalue weighted by Crippen LogP contribution is 2.52. The Kier molecular flexibility index (Phi) is 3.24. The molecule has 2 fully saturated rings.